The number of benzene rings is 2. The molecule has 0 atom stereocenters. The predicted octanol–water partition coefficient (Wildman–Crippen LogP) is 5.90. The van der Waals surface area contributed by atoms with Gasteiger partial charge in [-0.25, -0.2) is 0 Å². The maximum absolute atomic E-state index is 6.35. The molecule has 3 nitrogen and oxygen atoms in total. The molecule has 0 unspecified atom stereocenters. The summed E-state index contributed by atoms with van der Waals surface area (Å²) in [4.78, 5) is 6.27. The van der Waals surface area contributed by atoms with Crippen LogP contribution in [0.25, 0.3) is 0 Å². The minimum Gasteiger partial charge on any atom is -0.340 e. The van der Waals surface area contributed by atoms with Gasteiger partial charge in [0, 0.05) is 40.7 Å². The number of rotatable bonds is 5. The normalized spacial score (nSPS) is 10.4. The summed E-state index contributed by atoms with van der Waals surface area (Å²) >= 11 is 15.5. The molecule has 1 heterocycles. The SMILES string of the molecule is S=C(Nc1ccc(Br)cc1)N(Cc1cccnc1)Cc1ccccc1Cl. The lowest BCUT2D eigenvalue weighted by molar-refractivity contribution is 0.412. The number of pyridine rings is 1. The molecular formula is C20H17BrClN3S. The van der Waals surface area contributed by atoms with E-state index < -0.39 is 0 Å². The van der Waals surface area contributed by atoms with E-state index in [4.69, 9.17) is 23.8 Å². The Hall–Kier alpha value is -1.95. The van der Waals surface area contributed by atoms with Crippen molar-refractivity contribution in [1.29, 1.82) is 0 Å². The van der Waals surface area contributed by atoms with Crippen LogP contribution < -0.4 is 5.32 Å². The van der Waals surface area contributed by atoms with Gasteiger partial charge in [-0.15, -0.1) is 0 Å². The number of hydrogen-bond donors (Lipinski definition) is 1. The molecular weight excluding hydrogens is 430 g/mol. The molecule has 3 rings (SSSR count). The van der Waals surface area contributed by atoms with Crippen molar-refractivity contribution in [1.82, 2.24) is 9.88 Å². The van der Waals surface area contributed by atoms with Gasteiger partial charge in [0.2, 0.25) is 0 Å². The van der Waals surface area contributed by atoms with Gasteiger partial charge in [-0.05, 0) is 59.7 Å². The zero-order valence-electron chi connectivity index (χ0n) is 13.9. The Morgan fingerprint density at radius 1 is 1.04 bits per heavy atom. The Labute approximate surface area is 172 Å². The predicted molar refractivity (Wildman–Crippen MR) is 115 cm³/mol. The molecule has 1 aromatic heterocycles. The van der Waals surface area contributed by atoms with Crippen molar-refractivity contribution < 1.29 is 0 Å². The molecule has 1 N–H and O–H groups in total. The molecule has 2 aromatic carbocycles. The van der Waals surface area contributed by atoms with E-state index >= 15 is 0 Å². The van der Waals surface area contributed by atoms with Crippen LogP contribution in [0.15, 0.2) is 77.5 Å². The van der Waals surface area contributed by atoms with E-state index in [1.807, 2.05) is 66.9 Å². The molecule has 0 radical (unpaired) electrons. The Morgan fingerprint density at radius 2 is 1.81 bits per heavy atom. The van der Waals surface area contributed by atoms with Crippen LogP contribution in [0.4, 0.5) is 5.69 Å². The Balaban J connectivity index is 1.80. The van der Waals surface area contributed by atoms with E-state index in [2.05, 4.69) is 31.1 Å². The van der Waals surface area contributed by atoms with Gasteiger partial charge in [0.25, 0.3) is 0 Å². The lowest BCUT2D eigenvalue weighted by Crippen LogP contribution is -2.34. The van der Waals surface area contributed by atoms with Crippen LogP contribution >= 0.6 is 39.7 Å². The zero-order valence-corrected chi connectivity index (χ0v) is 17.1. The molecule has 0 bridgehead atoms. The number of hydrogen-bond acceptors (Lipinski definition) is 2. The van der Waals surface area contributed by atoms with Crippen LogP contribution in [0.1, 0.15) is 11.1 Å². The van der Waals surface area contributed by atoms with Crippen LogP contribution in [0.2, 0.25) is 5.02 Å². The highest BCUT2D eigenvalue weighted by molar-refractivity contribution is 9.10. The van der Waals surface area contributed by atoms with Crippen molar-refractivity contribution in [2.75, 3.05) is 5.32 Å². The van der Waals surface area contributed by atoms with E-state index in [0.29, 0.717) is 18.2 Å². The number of aromatic nitrogens is 1. The molecule has 6 heteroatoms. The largest absolute Gasteiger partial charge is 0.340 e. The molecule has 0 aliphatic heterocycles. The van der Waals surface area contributed by atoms with Gasteiger partial charge in [-0.2, -0.15) is 0 Å². The van der Waals surface area contributed by atoms with Crippen LogP contribution in [0.5, 0.6) is 0 Å². The summed E-state index contributed by atoms with van der Waals surface area (Å²) in [6.45, 7) is 1.25. The average molecular weight is 447 g/mol. The molecule has 0 fully saturated rings. The van der Waals surface area contributed by atoms with Gasteiger partial charge in [0.05, 0.1) is 0 Å². The summed E-state index contributed by atoms with van der Waals surface area (Å²) in [6, 6.07) is 19.7. The van der Waals surface area contributed by atoms with Gasteiger partial charge in [-0.1, -0.05) is 51.8 Å². The first-order chi connectivity index (χ1) is 12.6. The minimum absolute atomic E-state index is 0.608. The highest BCUT2D eigenvalue weighted by atomic mass is 79.9. The van der Waals surface area contributed by atoms with Crippen molar-refractivity contribution in [3.63, 3.8) is 0 Å². The third-order valence-corrected chi connectivity index (χ3v) is 5.06. The second kappa shape index (κ2) is 9.12. The van der Waals surface area contributed by atoms with E-state index in [1.54, 1.807) is 6.20 Å². The van der Waals surface area contributed by atoms with E-state index in [9.17, 15) is 0 Å². The molecule has 0 spiro atoms. The lowest BCUT2D eigenvalue weighted by Gasteiger charge is -2.26. The summed E-state index contributed by atoms with van der Waals surface area (Å²) < 4.78 is 1.03. The minimum atomic E-state index is 0.608. The lowest BCUT2D eigenvalue weighted by atomic mass is 10.2. The summed E-state index contributed by atoms with van der Waals surface area (Å²) in [7, 11) is 0. The molecule has 26 heavy (non-hydrogen) atoms. The second-order valence-corrected chi connectivity index (χ2v) is 7.46. The molecule has 132 valence electrons. The first-order valence-corrected chi connectivity index (χ1v) is 9.63. The van der Waals surface area contributed by atoms with Crippen LogP contribution in [-0.2, 0) is 13.1 Å². The Kier molecular flexibility index (Phi) is 6.61. The van der Waals surface area contributed by atoms with Gasteiger partial charge >= 0.3 is 0 Å². The van der Waals surface area contributed by atoms with Crippen molar-refractivity contribution >= 4 is 50.5 Å². The fourth-order valence-corrected chi connectivity index (χ4v) is 3.19. The Bertz CT molecular complexity index is 872. The summed E-state index contributed by atoms with van der Waals surface area (Å²) in [6.07, 6.45) is 3.61. The van der Waals surface area contributed by atoms with Crippen LogP contribution in [-0.4, -0.2) is 15.0 Å². The topological polar surface area (TPSA) is 28.2 Å². The second-order valence-electron chi connectivity index (χ2n) is 5.75. The number of thiocarbonyl (C=S) groups is 1. The molecule has 0 saturated carbocycles. The molecule has 0 aliphatic carbocycles. The van der Waals surface area contributed by atoms with Gasteiger partial charge in [-0.3, -0.25) is 4.98 Å². The van der Waals surface area contributed by atoms with Crippen molar-refractivity contribution in [3.05, 3.63) is 93.7 Å². The van der Waals surface area contributed by atoms with E-state index in [1.165, 1.54) is 0 Å². The number of anilines is 1. The fourth-order valence-electron chi connectivity index (χ4n) is 2.48. The molecule has 0 amide bonds. The van der Waals surface area contributed by atoms with Crippen molar-refractivity contribution in [3.8, 4) is 0 Å². The smallest absolute Gasteiger partial charge is 0.174 e. The van der Waals surface area contributed by atoms with Crippen molar-refractivity contribution in [2.24, 2.45) is 0 Å². The molecule has 0 saturated heterocycles. The van der Waals surface area contributed by atoms with Gasteiger partial charge < -0.3 is 10.2 Å². The van der Waals surface area contributed by atoms with E-state index in [-0.39, 0.29) is 0 Å². The Morgan fingerprint density at radius 3 is 2.50 bits per heavy atom. The summed E-state index contributed by atoms with van der Waals surface area (Å²) in [5.41, 5.74) is 3.05. The quantitative estimate of drug-likeness (QED) is 0.494. The monoisotopic (exact) mass is 445 g/mol. The van der Waals surface area contributed by atoms with E-state index in [0.717, 1.165) is 26.3 Å². The van der Waals surface area contributed by atoms with Crippen LogP contribution in [0.3, 0.4) is 0 Å². The first-order valence-electron chi connectivity index (χ1n) is 8.05. The molecule has 3 aromatic rings. The summed E-state index contributed by atoms with van der Waals surface area (Å²) in [5.74, 6) is 0. The molecule has 0 aliphatic rings. The number of nitrogens with one attached hydrogen (secondary N) is 1. The third kappa shape index (κ3) is 5.27. The van der Waals surface area contributed by atoms with Gasteiger partial charge in [0.15, 0.2) is 5.11 Å². The fraction of sp³-hybridized carbons (Fsp3) is 0.100. The zero-order chi connectivity index (χ0) is 18.4. The summed E-state index contributed by atoms with van der Waals surface area (Å²) in [5, 5.41) is 4.67. The maximum Gasteiger partial charge on any atom is 0.174 e. The first kappa shape index (κ1) is 18.8. The average Bonchev–Trinajstić information content (AvgIpc) is 2.65. The third-order valence-electron chi connectivity index (χ3n) is 3.80. The number of halogens is 2. The van der Waals surface area contributed by atoms with Crippen molar-refractivity contribution in [2.45, 2.75) is 13.1 Å². The number of nitrogens with zero attached hydrogens (tertiary/aromatic N) is 2. The highest BCUT2D eigenvalue weighted by Gasteiger charge is 2.13. The maximum atomic E-state index is 6.35. The standard InChI is InChI=1S/C20H17BrClN3S/c21-17-7-9-18(10-8-17)24-20(26)25(13-15-4-3-11-23-12-15)14-16-5-1-2-6-19(16)22/h1-12H,13-14H2,(H,24,26). The van der Waals surface area contributed by atoms with Crippen LogP contribution in [0, 0.1) is 0 Å². The highest BCUT2D eigenvalue weighted by Crippen LogP contribution is 2.20. The van der Waals surface area contributed by atoms with Gasteiger partial charge in [0.1, 0.15) is 0 Å².